The number of nitrogens with one attached hydrogen (secondary N) is 1. The number of para-hydroxylation sites is 1. The number of piperidine rings is 1. The number of fused-ring (bicyclic) bond motifs is 1. The van der Waals surface area contributed by atoms with Crippen LogP contribution in [0.5, 0.6) is 0 Å². The molecule has 1 aromatic heterocycles. The Labute approximate surface area is 136 Å². The highest BCUT2D eigenvalue weighted by molar-refractivity contribution is 7.89. The second-order valence-corrected chi connectivity index (χ2v) is 8.19. The lowest BCUT2D eigenvalue weighted by Crippen LogP contribution is -2.41. The van der Waals surface area contributed by atoms with Gasteiger partial charge in [0, 0.05) is 41.7 Å². The first-order valence-electron chi connectivity index (χ1n) is 8.11. The molecule has 1 aliphatic heterocycles. The summed E-state index contributed by atoms with van der Waals surface area (Å²) >= 11 is 0. The van der Waals surface area contributed by atoms with Gasteiger partial charge in [-0.2, -0.15) is 0 Å². The Balaban J connectivity index is 1.72. The van der Waals surface area contributed by atoms with Gasteiger partial charge in [-0.1, -0.05) is 25.1 Å². The number of aromatic amines is 1. The quantitative estimate of drug-likeness (QED) is 0.855. The van der Waals surface area contributed by atoms with Gasteiger partial charge in [-0.25, -0.2) is 12.7 Å². The number of hydrogen-bond donors (Lipinski definition) is 1. The fourth-order valence-electron chi connectivity index (χ4n) is 3.28. The number of carbonyl (C=O) groups excluding carboxylic acids is 1. The lowest BCUT2D eigenvalue weighted by molar-refractivity contribution is 0.0877. The van der Waals surface area contributed by atoms with Gasteiger partial charge in [0.1, 0.15) is 0 Å². The highest BCUT2D eigenvalue weighted by atomic mass is 32.2. The molecule has 1 aliphatic rings. The van der Waals surface area contributed by atoms with E-state index in [4.69, 9.17) is 0 Å². The summed E-state index contributed by atoms with van der Waals surface area (Å²) in [4.78, 5) is 15.9. The second-order valence-electron chi connectivity index (χ2n) is 6.10. The van der Waals surface area contributed by atoms with Crippen molar-refractivity contribution in [1.29, 1.82) is 0 Å². The van der Waals surface area contributed by atoms with Gasteiger partial charge in [0.05, 0.1) is 5.75 Å². The minimum atomic E-state index is -3.16. The monoisotopic (exact) mass is 334 g/mol. The van der Waals surface area contributed by atoms with Crippen LogP contribution in [0, 0.1) is 5.92 Å². The Morgan fingerprint density at radius 2 is 1.96 bits per heavy atom. The maximum atomic E-state index is 12.8. The number of nitrogens with zero attached hydrogens (tertiary/aromatic N) is 1. The molecule has 0 amide bonds. The third-order valence-electron chi connectivity index (χ3n) is 4.53. The van der Waals surface area contributed by atoms with Crippen molar-refractivity contribution in [1.82, 2.24) is 9.29 Å². The molecule has 5 nitrogen and oxygen atoms in total. The zero-order chi connectivity index (χ0) is 16.4. The molecule has 1 aromatic carbocycles. The first-order valence-corrected chi connectivity index (χ1v) is 9.72. The topological polar surface area (TPSA) is 70.2 Å². The predicted molar refractivity (Wildman–Crippen MR) is 91.0 cm³/mol. The van der Waals surface area contributed by atoms with Crippen LogP contribution in [0.4, 0.5) is 0 Å². The molecule has 6 heteroatoms. The van der Waals surface area contributed by atoms with Crippen molar-refractivity contribution in [3.05, 3.63) is 36.0 Å². The maximum Gasteiger partial charge on any atom is 0.214 e. The molecular formula is C17H22N2O3S. The molecular weight excluding hydrogens is 312 g/mol. The Morgan fingerprint density at radius 1 is 1.26 bits per heavy atom. The number of aromatic nitrogens is 1. The van der Waals surface area contributed by atoms with Crippen LogP contribution in [0.1, 0.15) is 36.5 Å². The van der Waals surface area contributed by atoms with Crippen molar-refractivity contribution < 1.29 is 13.2 Å². The van der Waals surface area contributed by atoms with Crippen LogP contribution in [0.3, 0.4) is 0 Å². The average molecular weight is 334 g/mol. The molecule has 2 aromatic rings. The van der Waals surface area contributed by atoms with Gasteiger partial charge in [-0.15, -0.1) is 0 Å². The number of hydrogen-bond acceptors (Lipinski definition) is 3. The van der Waals surface area contributed by atoms with Gasteiger partial charge in [0.2, 0.25) is 10.0 Å². The summed E-state index contributed by atoms with van der Waals surface area (Å²) in [7, 11) is -3.16. The fourth-order valence-corrected chi connectivity index (χ4v) is 4.82. The summed E-state index contributed by atoms with van der Waals surface area (Å²) in [5, 5.41) is 0.943. The average Bonchev–Trinajstić information content (AvgIpc) is 2.98. The van der Waals surface area contributed by atoms with Crippen molar-refractivity contribution in [2.75, 3.05) is 18.8 Å². The van der Waals surface area contributed by atoms with Crippen LogP contribution < -0.4 is 0 Å². The SMILES string of the molecule is CCCS(=O)(=O)N1CCC(C(=O)c2c[nH]c3ccccc23)CC1. The van der Waals surface area contributed by atoms with E-state index < -0.39 is 10.0 Å². The molecule has 0 bridgehead atoms. The van der Waals surface area contributed by atoms with Crippen LogP contribution in [-0.4, -0.2) is 42.3 Å². The summed E-state index contributed by atoms with van der Waals surface area (Å²) < 4.78 is 25.7. The third-order valence-corrected chi connectivity index (χ3v) is 6.61. The van der Waals surface area contributed by atoms with Crippen molar-refractivity contribution in [3.8, 4) is 0 Å². The van der Waals surface area contributed by atoms with Crippen molar-refractivity contribution in [2.24, 2.45) is 5.92 Å². The van der Waals surface area contributed by atoms with Crippen molar-refractivity contribution in [2.45, 2.75) is 26.2 Å². The molecule has 0 unspecified atom stereocenters. The lowest BCUT2D eigenvalue weighted by atomic mass is 9.89. The maximum absolute atomic E-state index is 12.8. The van der Waals surface area contributed by atoms with E-state index in [9.17, 15) is 13.2 Å². The molecule has 124 valence electrons. The van der Waals surface area contributed by atoms with E-state index in [-0.39, 0.29) is 17.5 Å². The highest BCUT2D eigenvalue weighted by Crippen LogP contribution is 2.27. The van der Waals surface area contributed by atoms with E-state index in [0.29, 0.717) is 32.4 Å². The van der Waals surface area contributed by atoms with Crippen molar-refractivity contribution >= 4 is 26.7 Å². The van der Waals surface area contributed by atoms with Crippen LogP contribution in [0.15, 0.2) is 30.5 Å². The zero-order valence-electron chi connectivity index (χ0n) is 13.3. The van der Waals surface area contributed by atoms with Crippen LogP contribution in [0.2, 0.25) is 0 Å². The first kappa shape index (κ1) is 16.2. The number of H-pyrrole nitrogens is 1. The lowest BCUT2D eigenvalue weighted by Gasteiger charge is -2.30. The second kappa shape index (κ2) is 6.45. The van der Waals surface area contributed by atoms with E-state index >= 15 is 0 Å². The molecule has 0 atom stereocenters. The summed E-state index contributed by atoms with van der Waals surface area (Å²) in [6.07, 6.45) is 3.59. The minimum Gasteiger partial charge on any atom is -0.360 e. The van der Waals surface area contributed by atoms with Crippen LogP contribution in [-0.2, 0) is 10.0 Å². The van der Waals surface area contributed by atoms with E-state index in [0.717, 1.165) is 16.5 Å². The molecule has 0 radical (unpaired) electrons. The normalized spacial score (nSPS) is 17.6. The molecule has 1 fully saturated rings. The first-order chi connectivity index (χ1) is 11.0. The van der Waals surface area contributed by atoms with Crippen LogP contribution >= 0.6 is 0 Å². The number of rotatable bonds is 5. The molecule has 3 rings (SSSR count). The predicted octanol–water partition coefficient (Wildman–Crippen LogP) is 2.80. The molecule has 1 saturated heterocycles. The molecule has 0 aliphatic carbocycles. The van der Waals surface area contributed by atoms with Gasteiger partial charge in [-0.3, -0.25) is 4.79 Å². The highest BCUT2D eigenvalue weighted by Gasteiger charge is 2.31. The molecule has 23 heavy (non-hydrogen) atoms. The molecule has 0 spiro atoms. The smallest absolute Gasteiger partial charge is 0.214 e. The molecule has 2 heterocycles. The number of Topliss-reactive ketones (excluding diaryl/α,β-unsaturated/α-hetero) is 1. The van der Waals surface area contributed by atoms with E-state index in [2.05, 4.69) is 4.98 Å². The fraction of sp³-hybridized carbons (Fsp3) is 0.471. The van der Waals surface area contributed by atoms with E-state index in [1.807, 2.05) is 31.2 Å². The van der Waals surface area contributed by atoms with Crippen molar-refractivity contribution in [3.63, 3.8) is 0 Å². The van der Waals surface area contributed by atoms with Gasteiger partial charge < -0.3 is 4.98 Å². The number of carbonyl (C=O) groups is 1. The Morgan fingerprint density at radius 3 is 2.65 bits per heavy atom. The zero-order valence-corrected chi connectivity index (χ0v) is 14.1. The Bertz CT molecular complexity index is 802. The minimum absolute atomic E-state index is 0.0951. The summed E-state index contributed by atoms with van der Waals surface area (Å²) in [5.74, 6) is 0.214. The van der Waals surface area contributed by atoms with Gasteiger partial charge in [0.15, 0.2) is 5.78 Å². The Hall–Kier alpha value is -1.66. The number of sulfonamides is 1. The number of ketones is 1. The number of benzene rings is 1. The Kier molecular flexibility index (Phi) is 4.55. The van der Waals surface area contributed by atoms with E-state index in [1.165, 1.54) is 4.31 Å². The van der Waals surface area contributed by atoms with Gasteiger partial charge in [-0.05, 0) is 25.3 Å². The third kappa shape index (κ3) is 3.19. The van der Waals surface area contributed by atoms with E-state index in [1.54, 1.807) is 6.20 Å². The molecule has 0 saturated carbocycles. The summed E-state index contributed by atoms with van der Waals surface area (Å²) in [6, 6.07) is 7.75. The molecule has 1 N–H and O–H groups in total. The standard InChI is InChI=1S/C17H22N2O3S/c1-2-11-23(21,22)19-9-7-13(8-10-19)17(20)15-12-18-16-6-4-3-5-14(15)16/h3-6,12-13,18H,2,7-11H2,1H3. The van der Waals surface area contributed by atoms with Gasteiger partial charge in [0.25, 0.3) is 0 Å². The summed E-state index contributed by atoms with van der Waals surface area (Å²) in [5.41, 5.74) is 1.68. The van der Waals surface area contributed by atoms with Gasteiger partial charge >= 0.3 is 0 Å². The van der Waals surface area contributed by atoms with Crippen LogP contribution in [0.25, 0.3) is 10.9 Å². The summed E-state index contributed by atoms with van der Waals surface area (Å²) in [6.45, 7) is 2.76. The largest absolute Gasteiger partial charge is 0.360 e.